The summed E-state index contributed by atoms with van der Waals surface area (Å²) in [4.78, 5) is 0. The summed E-state index contributed by atoms with van der Waals surface area (Å²) in [5.41, 5.74) is 42.4. The molecule has 129 heavy (non-hydrogen) atoms. The van der Waals surface area contributed by atoms with Gasteiger partial charge in [-0.05, 0) is 298 Å². The molecule has 0 bridgehead atoms. The van der Waals surface area contributed by atoms with Gasteiger partial charge in [0.1, 0.15) is 21.4 Å². The first-order valence-corrected chi connectivity index (χ1v) is 52.5. The molecule has 0 saturated heterocycles. The molecule has 614 valence electrons. The van der Waals surface area contributed by atoms with Crippen LogP contribution in [0.4, 0.5) is 0 Å². The van der Waals surface area contributed by atoms with Gasteiger partial charge in [-0.3, -0.25) is 0 Å². The van der Waals surface area contributed by atoms with E-state index in [1.807, 2.05) is 76.4 Å². The fourth-order valence-electron chi connectivity index (χ4n) is 23.3. The van der Waals surface area contributed by atoms with Crippen molar-refractivity contribution in [3.63, 3.8) is 0 Å². The Kier molecular flexibility index (Phi) is 17.9. The van der Waals surface area contributed by atoms with Crippen molar-refractivity contribution in [2.75, 3.05) is 40.0 Å². The number of hydrogen-bond acceptors (Lipinski definition) is 3. The van der Waals surface area contributed by atoms with Gasteiger partial charge < -0.3 is 13.7 Å². The highest BCUT2D eigenvalue weighted by atomic mass is 31.2. The number of fused-ring (bicyclic) bond motifs is 35. The van der Waals surface area contributed by atoms with Crippen LogP contribution in [0.5, 0.6) is 0 Å². The molecule has 0 heterocycles. The quantitative estimate of drug-likeness (QED) is 0.142. The molecular formula is C123H89O3P3. The molecule has 6 aliphatic rings. The fourth-order valence-corrected chi connectivity index (χ4v) is 26.0. The van der Waals surface area contributed by atoms with E-state index < -0.39 is 37.7 Å². The topological polar surface area (TPSA) is 51.2 Å². The molecule has 0 radical (unpaired) electrons. The van der Waals surface area contributed by atoms with Crippen LogP contribution in [0.15, 0.2) is 431 Å². The third-order valence-electron chi connectivity index (χ3n) is 28.7. The Morgan fingerprint density at radius 2 is 0.442 bits per heavy atom. The summed E-state index contributed by atoms with van der Waals surface area (Å²) in [5.74, 6) is 0. The normalized spacial score (nSPS) is 13.9. The molecule has 3 nitrogen and oxygen atoms in total. The van der Waals surface area contributed by atoms with Crippen molar-refractivity contribution in [1.82, 2.24) is 0 Å². The fraction of sp³-hybridized carbons (Fsp3) is 0.0732. The zero-order valence-corrected chi connectivity index (χ0v) is 75.2. The predicted molar refractivity (Wildman–Crippen MR) is 545 cm³/mol. The van der Waals surface area contributed by atoms with Crippen LogP contribution in [0.2, 0.25) is 0 Å². The maximum absolute atomic E-state index is 12.9. The predicted octanol–water partition coefficient (Wildman–Crippen LogP) is 30.6. The van der Waals surface area contributed by atoms with Gasteiger partial charge in [-0.2, -0.15) is 0 Å². The summed E-state index contributed by atoms with van der Waals surface area (Å²) in [6.45, 7) is 11.0. The van der Waals surface area contributed by atoms with E-state index in [1.54, 1.807) is 0 Å². The van der Waals surface area contributed by atoms with Crippen molar-refractivity contribution in [3.8, 4) is 122 Å². The summed E-state index contributed by atoms with van der Waals surface area (Å²) in [6.07, 6.45) is 0. The lowest BCUT2D eigenvalue weighted by atomic mass is 9.69. The molecule has 20 aromatic rings. The van der Waals surface area contributed by atoms with Gasteiger partial charge in [0.05, 0.1) is 16.2 Å². The Morgan fingerprint density at radius 3 is 0.829 bits per heavy atom. The van der Waals surface area contributed by atoms with E-state index in [0.29, 0.717) is 0 Å². The molecule has 6 aliphatic carbocycles. The Hall–Kier alpha value is -14.1. The third-order valence-corrected chi connectivity index (χ3v) is 33.3. The molecule has 0 atom stereocenters. The van der Waals surface area contributed by atoms with Crippen LogP contribution in [0, 0.1) is 0 Å². The smallest absolute Gasteiger partial charge is 0.109 e. The van der Waals surface area contributed by atoms with Crippen LogP contribution in [0.1, 0.15) is 66.8 Å². The minimum absolute atomic E-state index is 0.392. The highest BCUT2D eigenvalue weighted by molar-refractivity contribution is 7.70. The van der Waals surface area contributed by atoms with Gasteiger partial charge in [0, 0.05) is 15.9 Å². The van der Waals surface area contributed by atoms with Crippen molar-refractivity contribution in [2.45, 2.75) is 16.2 Å². The van der Waals surface area contributed by atoms with E-state index in [0.717, 1.165) is 43.7 Å². The summed E-state index contributed by atoms with van der Waals surface area (Å²) in [5, 5.41) is 10.4. The van der Waals surface area contributed by atoms with Gasteiger partial charge in [-0.15, -0.1) is 0 Å². The van der Waals surface area contributed by atoms with Gasteiger partial charge in [-0.25, -0.2) is 0 Å². The van der Waals surface area contributed by atoms with Gasteiger partial charge in [-0.1, -0.05) is 394 Å². The van der Waals surface area contributed by atoms with Gasteiger partial charge >= 0.3 is 0 Å². The third kappa shape index (κ3) is 11.7. The van der Waals surface area contributed by atoms with Crippen molar-refractivity contribution in [1.29, 1.82) is 0 Å². The van der Waals surface area contributed by atoms with E-state index in [-0.39, 0.29) is 0 Å². The average Bonchev–Trinajstić information content (AvgIpc) is 1.51. The van der Waals surface area contributed by atoms with Gasteiger partial charge in [0.15, 0.2) is 0 Å². The lowest BCUT2D eigenvalue weighted by molar-refractivity contribution is 0.587. The number of rotatable bonds is 8. The highest BCUT2D eigenvalue weighted by Crippen LogP contribution is 2.69. The van der Waals surface area contributed by atoms with E-state index >= 15 is 0 Å². The van der Waals surface area contributed by atoms with Crippen LogP contribution < -0.4 is 15.9 Å². The lowest BCUT2D eigenvalue weighted by Crippen LogP contribution is -2.26. The summed E-state index contributed by atoms with van der Waals surface area (Å²) >= 11 is 0. The molecular weight excluding hydrogens is 1620 g/mol. The van der Waals surface area contributed by atoms with Crippen LogP contribution in [-0.2, 0) is 29.9 Å². The molecule has 0 aromatic heterocycles. The molecule has 6 heteroatoms. The van der Waals surface area contributed by atoms with Crippen molar-refractivity contribution < 1.29 is 13.7 Å². The van der Waals surface area contributed by atoms with Gasteiger partial charge in [0.2, 0.25) is 0 Å². The second-order valence-corrected chi connectivity index (χ2v) is 46.4. The van der Waals surface area contributed by atoms with Crippen LogP contribution in [0.3, 0.4) is 0 Å². The summed E-state index contributed by atoms with van der Waals surface area (Å²) < 4.78 is 38.6. The molecule has 0 amide bonds. The number of hydrogen-bond donors (Lipinski definition) is 0. The monoisotopic (exact) mass is 1710 g/mol. The largest absolute Gasteiger partial charge is 0.319 e. The van der Waals surface area contributed by atoms with Crippen LogP contribution >= 0.6 is 21.4 Å². The number of benzene rings is 20. The molecule has 0 N–H and O–H groups in total. The Labute approximate surface area is 754 Å². The van der Waals surface area contributed by atoms with Crippen molar-refractivity contribution in [2.24, 2.45) is 0 Å². The van der Waals surface area contributed by atoms with Crippen LogP contribution in [0.25, 0.3) is 155 Å². The van der Waals surface area contributed by atoms with E-state index in [1.165, 1.54) is 194 Å². The van der Waals surface area contributed by atoms with E-state index in [9.17, 15) is 13.7 Å². The molecule has 26 rings (SSSR count). The molecule has 0 saturated carbocycles. The maximum atomic E-state index is 12.9. The SMILES string of the molecule is CP(C)(=O)c1ccc(-c2cccc3c2-c2ccc4ccccc4c2C32c3ccccc3-c3ccccc32)cc1.CP(C)(=O)c1cccc(-c2cccc(-c3cccc4c3-c3cc5ccccc5cc3C43c4ccccc4-c4ccccc43)c2)c1.CP(C)(=O)c1cccc(-c2cccc(-c3cccc4c3-c3ccc5ccccc5c3C43c4ccccc4-c4ccccc43)c2)c1. The molecule has 0 fully saturated rings. The standard InChI is InChI=1S/2C43H31OP.C37H27OP/c1-45(2,44)32-16-10-14-30(27-32)29-13-9-15-31(26-29)33-20-11-23-40-41(33)37-25-24-28-12-3-4-17-34(28)42(37)43(40)38-21-7-5-18-35(38)36-19-6-8-22-39(36)43;1-45(2,44)33-17-10-15-29(25-33)28-14-9-16-32(24-28)34-20-11-23-40-42(34)37-26-30-12-3-4-13-31(30)27-41(37)43(40)38-21-7-5-18-35(38)36-19-6-8-22-39(36)43;1-39(2,38)26-21-18-25(19-22-26)27-14-9-17-34-35(27)31-23-20-24-10-3-4-11-28(24)36(31)37(34)32-15-7-5-12-29(32)30-13-6-8-16-33(30)37/h2*3-27H,1-2H3;3-23H,1-2H3. The van der Waals surface area contributed by atoms with Crippen LogP contribution in [-0.4, -0.2) is 40.0 Å². The summed E-state index contributed by atoms with van der Waals surface area (Å²) in [6, 6.07) is 157. The maximum Gasteiger partial charge on any atom is 0.109 e. The van der Waals surface area contributed by atoms with Crippen molar-refractivity contribution >= 4 is 69.7 Å². The summed E-state index contributed by atoms with van der Waals surface area (Å²) in [7, 11) is -7.07. The minimum Gasteiger partial charge on any atom is -0.319 e. The molecule has 3 spiro atoms. The molecule has 0 unspecified atom stereocenters. The first-order valence-electron chi connectivity index (χ1n) is 44.7. The van der Waals surface area contributed by atoms with Crippen molar-refractivity contribution in [3.05, 3.63) is 497 Å². The second kappa shape index (κ2) is 29.5. The van der Waals surface area contributed by atoms with E-state index in [4.69, 9.17) is 0 Å². The average molecular weight is 1710 g/mol. The lowest BCUT2D eigenvalue weighted by Gasteiger charge is -2.31. The molecule has 0 aliphatic heterocycles. The Balaban J connectivity index is 0.000000108. The van der Waals surface area contributed by atoms with Gasteiger partial charge in [0.25, 0.3) is 0 Å². The zero-order valence-electron chi connectivity index (χ0n) is 72.6. The van der Waals surface area contributed by atoms with E-state index in [2.05, 4.69) is 394 Å². The Morgan fingerprint density at radius 1 is 0.163 bits per heavy atom. The second-order valence-electron chi connectivity index (χ2n) is 36.7. The molecule has 20 aromatic carbocycles. The first kappa shape index (κ1) is 78.4. The first-order chi connectivity index (χ1) is 62.9. The Bertz CT molecular complexity index is 8070. The zero-order chi connectivity index (χ0) is 87.0. The minimum atomic E-state index is -2.37. The highest BCUT2D eigenvalue weighted by Gasteiger charge is 2.56.